The summed E-state index contributed by atoms with van der Waals surface area (Å²) >= 11 is 0. The fourth-order valence-electron chi connectivity index (χ4n) is 2.38. The third kappa shape index (κ3) is 6.05. The van der Waals surface area contributed by atoms with Crippen molar-refractivity contribution < 1.29 is 0 Å². The van der Waals surface area contributed by atoms with Crippen LogP contribution < -0.4 is 0 Å². The van der Waals surface area contributed by atoms with E-state index in [-0.39, 0.29) is 0 Å². The molecule has 0 atom stereocenters. The first-order chi connectivity index (χ1) is 10.2. The summed E-state index contributed by atoms with van der Waals surface area (Å²) in [4.78, 5) is 11.3. The first-order valence-electron chi connectivity index (χ1n) is 7.76. The van der Waals surface area contributed by atoms with Crippen molar-refractivity contribution in [3.63, 3.8) is 0 Å². The molecule has 21 heavy (non-hydrogen) atoms. The molecule has 3 nitrogen and oxygen atoms in total. The largest absolute Gasteiger partial charge is 0.292 e. The molecule has 0 saturated carbocycles. The Morgan fingerprint density at radius 1 is 0.905 bits per heavy atom. The van der Waals surface area contributed by atoms with Crippen molar-refractivity contribution in [3.05, 3.63) is 60.2 Å². The second kappa shape index (κ2) is 8.53. The van der Waals surface area contributed by atoms with Crippen LogP contribution in [0.2, 0.25) is 0 Å². The van der Waals surface area contributed by atoms with E-state index < -0.39 is 0 Å². The van der Waals surface area contributed by atoms with E-state index in [1.165, 1.54) is 12.8 Å². The number of hydrogen-bond donors (Lipinski definition) is 0. The molecule has 0 aliphatic heterocycles. The molecule has 0 N–H and O–H groups in total. The quantitative estimate of drug-likeness (QED) is 0.735. The molecular formula is C18H25N3. The van der Waals surface area contributed by atoms with Gasteiger partial charge in [0.1, 0.15) is 0 Å². The van der Waals surface area contributed by atoms with Crippen LogP contribution in [0.1, 0.15) is 38.1 Å². The smallest absolute Gasteiger partial charge is 0.0544 e. The Bertz CT molecular complexity index is 455. The minimum atomic E-state index is 0.761. The topological polar surface area (TPSA) is 29.0 Å². The molecule has 0 fully saturated rings. The van der Waals surface area contributed by atoms with Crippen LogP contribution in [-0.4, -0.2) is 21.4 Å². The summed E-state index contributed by atoms with van der Waals surface area (Å²) < 4.78 is 0. The second-order valence-corrected chi connectivity index (χ2v) is 5.89. The van der Waals surface area contributed by atoms with Crippen LogP contribution in [0.5, 0.6) is 0 Å². The van der Waals surface area contributed by atoms with Gasteiger partial charge in [0.15, 0.2) is 0 Å². The van der Waals surface area contributed by atoms with Crippen LogP contribution in [0.3, 0.4) is 0 Å². The summed E-state index contributed by atoms with van der Waals surface area (Å²) in [6, 6.07) is 12.2. The van der Waals surface area contributed by atoms with Gasteiger partial charge in [0.2, 0.25) is 0 Å². The van der Waals surface area contributed by atoms with Crippen molar-refractivity contribution in [2.75, 3.05) is 6.54 Å². The maximum Gasteiger partial charge on any atom is 0.0544 e. The van der Waals surface area contributed by atoms with E-state index in [0.717, 1.165) is 36.9 Å². The highest BCUT2D eigenvalue weighted by molar-refractivity contribution is 5.06. The number of pyridine rings is 2. The molecule has 3 heteroatoms. The van der Waals surface area contributed by atoms with Gasteiger partial charge in [0.25, 0.3) is 0 Å². The molecule has 0 aliphatic carbocycles. The molecule has 0 radical (unpaired) electrons. The Hall–Kier alpha value is -1.74. The zero-order chi connectivity index (χ0) is 14.9. The maximum absolute atomic E-state index is 4.44. The molecule has 0 bridgehead atoms. The first kappa shape index (κ1) is 15.6. The van der Waals surface area contributed by atoms with E-state index in [4.69, 9.17) is 0 Å². The van der Waals surface area contributed by atoms with Gasteiger partial charge >= 0.3 is 0 Å². The normalized spacial score (nSPS) is 11.2. The molecule has 2 heterocycles. The summed E-state index contributed by atoms with van der Waals surface area (Å²) in [5.74, 6) is 0.761. The fraction of sp³-hybridized carbons (Fsp3) is 0.444. The highest BCUT2D eigenvalue weighted by Gasteiger charge is 2.09. The Morgan fingerprint density at radius 3 is 1.90 bits per heavy atom. The Morgan fingerprint density at radius 2 is 1.48 bits per heavy atom. The average Bonchev–Trinajstić information content (AvgIpc) is 2.49. The lowest BCUT2D eigenvalue weighted by atomic mass is 10.1. The molecule has 0 aromatic carbocycles. The van der Waals surface area contributed by atoms with Crippen LogP contribution in [0.15, 0.2) is 48.8 Å². The van der Waals surface area contributed by atoms with E-state index >= 15 is 0 Å². The van der Waals surface area contributed by atoms with Gasteiger partial charge in [-0.15, -0.1) is 0 Å². The van der Waals surface area contributed by atoms with Gasteiger partial charge in [-0.1, -0.05) is 26.0 Å². The minimum absolute atomic E-state index is 0.761. The van der Waals surface area contributed by atoms with Crippen LogP contribution in [-0.2, 0) is 13.1 Å². The molecule has 2 rings (SSSR count). The number of hydrogen-bond acceptors (Lipinski definition) is 3. The Kier molecular flexibility index (Phi) is 6.35. The first-order valence-corrected chi connectivity index (χ1v) is 7.76. The van der Waals surface area contributed by atoms with E-state index in [2.05, 4.69) is 53.0 Å². The van der Waals surface area contributed by atoms with Gasteiger partial charge in [-0.05, 0) is 49.6 Å². The Labute approximate surface area is 128 Å². The maximum atomic E-state index is 4.44. The van der Waals surface area contributed by atoms with Gasteiger partial charge in [-0.3, -0.25) is 14.9 Å². The van der Waals surface area contributed by atoms with E-state index in [1.54, 1.807) is 0 Å². The predicted molar refractivity (Wildman–Crippen MR) is 86.7 cm³/mol. The monoisotopic (exact) mass is 283 g/mol. The number of aromatic nitrogens is 2. The van der Waals surface area contributed by atoms with E-state index in [1.807, 2.05) is 24.5 Å². The van der Waals surface area contributed by atoms with Crippen LogP contribution >= 0.6 is 0 Å². The predicted octanol–water partition coefficient (Wildman–Crippen LogP) is 3.92. The van der Waals surface area contributed by atoms with Gasteiger partial charge in [-0.25, -0.2) is 0 Å². The van der Waals surface area contributed by atoms with E-state index in [0.29, 0.717) is 0 Å². The second-order valence-electron chi connectivity index (χ2n) is 5.89. The van der Waals surface area contributed by atoms with Crippen molar-refractivity contribution in [1.29, 1.82) is 0 Å². The van der Waals surface area contributed by atoms with Crippen molar-refractivity contribution >= 4 is 0 Å². The summed E-state index contributed by atoms with van der Waals surface area (Å²) in [6.07, 6.45) is 6.21. The molecule has 0 saturated heterocycles. The fourth-order valence-corrected chi connectivity index (χ4v) is 2.38. The van der Waals surface area contributed by atoms with Gasteiger partial charge in [0, 0.05) is 25.5 Å². The molecule has 0 unspecified atom stereocenters. The van der Waals surface area contributed by atoms with Crippen LogP contribution in [0, 0.1) is 5.92 Å². The molecule has 0 spiro atoms. The molecular weight excluding hydrogens is 258 g/mol. The summed E-state index contributed by atoms with van der Waals surface area (Å²) in [5, 5.41) is 0. The highest BCUT2D eigenvalue weighted by Crippen LogP contribution is 2.10. The summed E-state index contributed by atoms with van der Waals surface area (Å²) in [5.41, 5.74) is 2.25. The van der Waals surface area contributed by atoms with Crippen molar-refractivity contribution in [3.8, 4) is 0 Å². The molecule has 2 aromatic rings. The summed E-state index contributed by atoms with van der Waals surface area (Å²) in [6.45, 7) is 7.42. The highest BCUT2D eigenvalue weighted by atomic mass is 15.1. The van der Waals surface area contributed by atoms with Crippen molar-refractivity contribution in [2.24, 2.45) is 5.92 Å². The zero-order valence-corrected chi connectivity index (χ0v) is 13.1. The minimum Gasteiger partial charge on any atom is -0.292 e. The summed E-state index contributed by atoms with van der Waals surface area (Å²) in [7, 11) is 0. The standard InChI is InChI=1S/C18H25N3/c1-16(2)8-7-13-21(14-17-9-3-5-11-19-17)15-18-10-4-6-12-20-18/h3-6,9-12,16H,7-8,13-15H2,1-2H3. The van der Waals surface area contributed by atoms with Gasteiger partial charge in [-0.2, -0.15) is 0 Å². The lowest BCUT2D eigenvalue weighted by molar-refractivity contribution is 0.241. The average molecular weight is 283 g/mol. The van der Waals surface area contributed by atoms with Gasteiger partial charge in [0.05, 0.1) is 11.4 Å². The molecule has 0 aliphatic rings. The lowest BCUT2D eigenvalue weighted by Crippen LogP contribution is -2.25. The van der Waals surface area contributed by atoms with Crippen molar-refractivity contribution in [1.82, 2.24) is 14.9 Å². The Balaban J connectivity index is 1.96. The molecule has 2 aromatic heterocycles. The third-order valence-electron chi connectivity index (χ3n) is 3.48. The van der Waals surface area contributed by atoms with E-state index in [9.17, 15) is 0 Å². The number of rotatable bonds is 8. The van der Waals surface area contributed by atoms with Crippen LogP contribution in [0.4, 0.5) is 0 Å². The lowest BCUT2D eigenvalue weighted by Gasteiger charge is -2.22. The van der Waals surface area contributed by atoms with Crippen LogP contribution in [0.25, 0.3) is 0 Å². The van der Waals surface area contributed by atoms with Gasteiger partial charge < -0.3 is 0 Å². The third-order valence-corrected chi connectivity index (χ3v) is 3.48. The SMILES string of the molecule is CC(C)CCCN(Cc1ccccn1)Cc1ccccn1. The molecule has 112 valence electrons. The zero-order valence-electron chi connectivity index (χ0n) is 13.1. The number of nitrogens with zero attached hydrogens (tertiary/aromatic N) is 3. The molecule has 0 amide bonds. The van der Waals surface area contributed by atoms with Crippen molar-refractivity contribution in [2.45, 2.75) is 39.8 Å².